The zero-order chi connectivity index (χ0) is 16.7. The maximum Gasteiger partial charge on any atom is 0.200 e. The zero-order valence-corrected chi connectivity index (χ0v) is 12.1. The van der Waals surface area contributed by atoms with Crippen molar-refractivity contribution >= 4 is 5.78 Å². The summed E-state index contributed by atoms with van der Waals surface area (Å²) < 4.78 is 10.6. The van der Waals surface area contributed by atoms with Crippen LogP contribution in [0.2, 0.25) is 0 Å². The molecule has 3 rings (SSSR count). The van der Waals surface area contributed by atoms with Gasteiger partial charge in [0.1, 0.15) is 28.9 Å². The van der Waals surface area contributed by atoms with Gasteiger partial charge in [-0.25, -0.2) is 0 Å². The fourth-order valence-electron chi connectivity index (χ4n) is 2.57. The molecule has 0 aliphatic carbocycles. The fraction of sp³-hybridized carbons (Fsp3) is 0.188. The maximum absolute atomic E-state index is 12.2. The van der Waals surface area contributed by atoms with Crippen LogP contribution in [0.25, 0.3) is 0 Å². The Balaban J connectivity index is 2.04. The largest absolute Gasteiger partial charge is 0.508 e. The monoisotopic (exact) mass is 318 g/mol. The van der Waals surface area contributed by atoms with Gasteiger partial charge in [0.25, 0.3) is 0 Å². The van der Waals surface area contributed by atoms with Crippen LogP contribution in [0, 0.1) is 0 Å². The minimum atomic E-state index is -0.753. The topological polar surface area (TPSA) is 116 Å². The van der Waals surface area contributed by atoms with E-state index >= 15 is 0 Å². The molecule has 0 amide bonds. The SMILES string of the molecule is COc1cc([C@@H]2CC(=O)c3c(O)cc(O)cc3O2)cc(O)c1O. The van der Waals surface area contributed by atoms with Gasteiger partial charge in [-0.05, 0) is 12.1 Å². The number of Topliss-reactive ketones (excluding diaryl/α,β-unsaturated/α-hetero) is 1. The summed E-state index contributed by atoms with van der Waals surface area (Å²) in [6, 6.07) is 5.01. The molecule has 0 fully saturated rings. The van der Waals surface area contributed by atoms with Crippen LogP contribution in [0.15, 0.2) is 24.3 Å². The molecular formula is C16H14O7. The Morgan fingerprint density at radius 1 is 1.09 bits per heavy atom. The lowest BCUT2D eigenvalue weighted by Crippen LogP contribution is -2.20. The molecule has 1 aliphatic rings. The molecule has 120 valence electrons. The van der Waals surface area contributed by atoms with Crippen molar-refractivity contribution in [1.29, 1.82) is 0 Å². The standard InChI is InChI=1S/C16H14O7/c1-22-14-3-7(2-11(20)16(14)21)12-6-10(19)15-9(18)4-8(17)5-13(15)23-12/h2-5,12,17-18,20-21H,6H2,1H3/t12-/m0/s1. The van der Waals surface area contributed by atoms with E-state index in [2.05, 4.69) is 0 Å². The first-order valence-electron chi connectivity index (χ1n) is 6.76. The highest BCUT2D eigenvalue weighted by atomic mass is 16.5. The predicted molar refractivity (Wildman–Crippen MR) is 78.4 cm³/mol. The van der Waals surface area contributed by atoms with Crippen molar-refractivity contribution in [2.45, 2.75) is 12.5 Å². The van der Waals surface area contributed by atoms with Gasteiger partial charge in [0.2, 0.25) is 5.75 Å². The van der Waals surface area contributed by atoms with Crippen LogP contribution in [0.4, 0.5) is 0 Å². The van der Waals surface area contributed by atoms with E-state index in [-0.39, 0.29) is 40.8 Å². The van der Waals surface area contributed by atoms with E-state index < -0.39 is 17.6 Å². The van der Waals surface area contributed by atoms with Gasteiger partial charge in [-0.15, -0.1) is 0 Å². The van der Waals surface area contributed by atoms with Crippen LogP contribution >= 0.6 is 0 Å². The van der Waals surface area contributed by atoms with Crippen LogP contribution in [-0.2, 0) is 0 Å². The van der Waals surface area contributed by atoms with Crippen molar-refractivity contribution in [1.82, 2.24) is 0 Å². The number of phenolic OH excluding ortho intramolecular Hbond substituents is 4. The van der Waals surface area contributed by atoms with Crippen LogP contribution in [0.3, 0.4) is 0 Å². The highest BCUT2D eigenvalue weighted by Gasteiger charge is 2.31. The fourth-order valence-corrected chi connectivity index (χ4v) is 2.57. The number of methoxy groups -OCH3 is 1. The number of benzene rings is 2. The molecule has 0 spiro atoms. The lowest BCUT2D eigenvalue weighted by molar-refractivity contribution is 0.0844. The third kappa shape index (κ3) is 2.46. The molecular weight excluding hydrogens is 304 g/mol. The summed E-state index contributed by atoms with van der Waals surface area (Å²) in [6.45, 7) is 0. The van der Waals surface area contributed by atoms with E-state index in [4.69, 9.17) is 9.47 Å². The molecule has 2 aromatic rings. The Labute approximate surface area is 131 Å². The molecule has 7 heteroatoms. The molecule has 2 aromatic carbocycles. The highest BCUT2D eigenvalue weighted by molar-refractivity contribution is 6.02. The van der Waals surface area contributed by atoms with Gasteiger partial charge < -0.3 is 29.9 Å². The number of hydrogen-bond donors (Lipinski definition) is 4. The van der Waals surface area contributed by atoms with Gasteiger partial charge in [-0.1, -0.05) is 0 Å². The number of fused-ring (bicyclic) bond motifs is 1. The third-order valence-electron chi connectivity index (χ3n) is 3.65. The Morgan fingerprint density at radius 3 is 2.52 bits per heavy atom. The van der Waals surface area contributed by atoms with Crippen molar-refractivity contribution < 1.29 is 34.7 Å². The number of phenols is 4. The van der Waals surface area contributed by atoms with Gasteiger partial charge in [0.05, 0.1) is 13.5 Å². The van der Waals surface area contributed by atoms with E-state index in [0.717, 1.165) is 6.07 Å². The average Bonchev–Trinajstić information content (AvgIpc) is 2.48. The first kappa shape index (κ1) is 14.8. The average molecular weight is 318 g/mol. The maximum atomic E-state index is 12.2. The number of ether oxygens (including phenoxy) is 2. The Hall–Kier alpha value is -3.09. The lowest BCUT2D eigenvalue weighted by atomic mass is 9.95. The van der Waals surface area contributed by atoms with E-state index in [1.807, 2.05) is 0 Å². The minimum Gasteiger partial charge on any atom is -0.508 e. The van der Waals surface area contributed by atoms with Gasteiger partial charge >= 0.3 is 0 Å². The molecule has 23 heavy (non-hydrogen) atoms. The summed E-state index contributed by atoms with van der Waals surface area (Å²) >= 11 is 0. The summed E-state index contributed by atoms with van der Waals surface area (Å²) in [5, 5.41) is 38.7. The smallest absolute Gasteiger partial charge is 0.200 e. The zero-order valence-electron chi connectivity index (χ0n) is 12.1. The van der Waals surface area contributed by atoms with E-state index in [9.17, 15) is 25.2 Å². The molecule has 4 N–H and O–H groups in total. The number of carbonyl (C=O) groups is 1. The summed E-state index contributed by atoms with van der Waals surface area (Å²) in [5.41, 5.74) is 0.424. The van der Waals surface area contributed by atoms with Crippen LogP contribution in [-0.4, -0.2) is 33.3 Å². The Kier molecular flexibility index (Phi) is 3.40. The summed E-state index contributed by atoms with van der Waals surface area (Å²) in [5.74, 6) is -1.67. The molecule has 0 saturated carbocycles. The van der Waals surface area contributed by atoms with Crippen LogP contribution < -0.4 is 9.47 Å². The Bertz CT molecular complexity index is 798. The molecule has 0 aromatic heterocycles. The van der Waals surface area contributed by atoms with Crippen molar-refractivity contribution in [2.75, 3.05) is 7.11 Å². The van der Waals surface area contributed by atoms with Gasteiger partial charge in [0, 0.05) is 17.7 Å². The molecule has 0 saturated heterocycles. The molecule has 1 heterocycles. The number of ketones is 1. The second-order valence-electron chi connectivity index (χ2n) is 5.16. The van der Waals surface area contributed by atoms with E-state index in [1.54, 1.807) is 0 Å². The lowest BCUT2D eigenvalue weighted by Gasteiger charge is -2.26. The molecule has 1 aliphatic heterocycles. The summed E-state index contributed by atoms with van der Waals surface area (Å²) in [7, 11) is 1.33. The van der Waals surface area contributed by atoms with Crippen LogP contribution in [0.1, 0.15) is 28.4 Å². The number of aromatic hydroxyl groups is 4. The number of hydrogen-bond acceptors (Lipinski definition) is 7. The molecule has 0 radical (unpaired) electrons. The first-order valence-corrected chi connectivity index (χ1v) is 6.76. The van der Waals surface area contributed by atoms with Gasteiger partial charge in [-0.3, -0.25) is 4.79 Å². The number of rotatable bonds is 2. The quantitative estimate of drug-likeness (QED) is 0.627. The molecule has 0 unspecified atom stereocenters. The second-order valence-corrected chi connectivity index (χ2v) is 5.16. The summed E-state index contributed by atoms with van der Waals surface area (Å²) in [4.78, 5) is 12.2. The van der Waals surface area contributed by atoms with Gasteiger partial charge in [-0.2, -0.15) is 0 Å². The first-order chi connectivity index (χ1) is 10.9. The van der Waals surface area contributed by atoms with Crippen LogP contribution in [0.5, 0.6) is 34.5 Å². The van der Waals surface area contributed by atoms with Crippen molar-refractivity contribution in [3.05, 3.63) is 35.4 Å². The minimum absolute atomic E-state index is 0.00835. The van der Waals surface area contributed by atoms with Crippen molar-refractivity contribution in [2.24, 2.45) is 0 Å². The van der Waals surface area contributed by atoms with Crippen molar-refractivity contribution in [3.63, 3.8) is 0 Å². The number of carbonyl (C=O) groups excluding carboxylic acids is 1. The normalized spacial score (nSPS) is 16.6. The van der Waals surface area contributed by atoms with Crippen molar-refractivity contribution in [3.8, 4) is 34.5 Å². The molecule has 7 nitrogen and oxygen atoms in total. The second kappa shape index (κ2) is 5.28. The highest BCUT2D eigenvalue weighted by Crippen LogP contribution is 2.44. The summed E-state index contributed by atoms with van der Waals surface area (Å²) in [6.07, 6.45) is -0.824. The predicted octanol–water partition coefficient (Wildman–Crippen LogP) is 2.22. The Morgan fingerprint density at radius 2 is 1.83 bits per heavy atom. The van der Waals surface area contributed by atoms with E-state index in [0.29, 0.717) is 5.56 Å². The third-order valence-corrected chi connectivity index (χ3v) is 3.65. The van der Waals surface area contributed by atoms with E-state index in [1.165, 1.54) is 25.3 Å². The molecule has 0 bridgehead atoms. The molecule has 1 atom stereocenters. The van der Waals surface area contributed by atoms with Gasteiger partial charge in [0.15, 0.2) is 17.3 Å².